The molecule has 8 heteroatoms. The topological polar surface area (TPSA) is 96.4 Å². The molecule has 2 aliphatic heterocycles. The Balaban J connectivity index is 0.000000191. The van der Waals surface area contributed by atoms with Gasteiger partial charge in [0.2, 0.25) is 0 Å². The summed E-state index contributed by atoms with van der Waals surface area (Å²) in [4.78, 5) is 38.3. The highest BCUT2D eigenvalue weighted by molar-refractivity contribution is 5.91. The molecule has 1 N–H and O–H groups in total. The Bertz CT molecular complexity index is 952. The number of hydrogen-bond donors (Lipinski definition) is 1. The molecule has 0 aliphatic carbocycles. The molecule has 2 fully saturated rings. The molecule has 182 valence electrons. The number of ether oxygens (including phenoxy) is 2. The number of likely N-dealkylation sites (N-methyl/N-ethyl adjacent to an activating group) is 2. The third-order valence-corrected chi connectivity index (χ3v) is 5.90. The molecular weight excluding hydrogens is 436 g/mol. The zero-order chi connectivity index (χ0) is 24.5. The minimum atomic E-state index is -0.422. The van der Waals surface area contributed by atoms with Gasteiger partial charge in [-0.05, 0) is 25.2 Å². The first-order chi connectivity index (χ1) is 16.3. The van der Waals surface area contributed by atoms with Crippen LogP contribution in [0.4, 0.5) is 0 Å². The highest BCUT2D eigenvalue weighted by Gasteiger charge is 2.35. The van der Waals surface area contributed by atoms with E-state index in [0.717, 1.165) is 11.1 Å². The Morgan fingerprint density at radius 2 is 1.35 bits per heavy atom. The third-order valence-electron chi connectivity index (χ3n) is 5.90. The molecule has 0 saturated carbocycles. The van der Waals surface area contributed by atoms with Crippen LogP contribution < -0.4 is 0 Å². The minimum Gasteiger partial charge on any atom is -0.460 e. The maximum atomic E-state index is 11.8. The Kier molecular flexibility index (Phi) is 9.33. The lowest BCUT2D eigenvalue weighted by molar-refractivity contribution is -0.150. The molecule has 0 spiro atoms. The van der Waals surface area contributed by atoms with E-state index in [-0.39, 0.29) is 36.8 Å². The van der Waals surface area contributed by atoms with Gasteiger partial charge >= 0.3 is 11.9 Å². The molecule has 2 aromatic carbocycles. The zero-order valence-corrected chi connectivity index (χ0v) is 19.6. The van der Waals surface area contributed by atoms with Crippen LogP contribution in [0.5, 0.6) is 0 Å². The van der Waals surface area contributed by atoms with Crippen LogP contribution in [-0.4, -0.2) is 78.0 Å². The maximum absolute atomic E-state index is 11.8. The number of nitrogens with zero attached hydrogens (tertiary/aromatic N) is 2. The lowest BCUT2D eigenvalue weighted by atomic mass is 10.2. The second kappa shape index (κ2) is 12.4. The van der Waals surface area contributed by atoms with Gasteiger partial charge in [0.15, 0.2) is 0 Å². The van der Waals surface area contributed by atoms with Gasteiger partial charge in [-0.25, -0.2) is 0 Å². The predicted molar refractivity (Wildman–Crippen MR) is 126 cm³/mol. The van der Waals surface area contributed by atoms with Crippen molar-refractivity contribution in [2.75, 3.05) is 27.2 Å². The average molecular weight is 469 g/mol. The van der Waals surface area contributed by atoms with E-state index in [1.165, 1.54) is 0 Å². The smallest absolute Gasteiger partial charge is 0.324 e. The standard InChI is InChI=1S/C13H17NO3.C13H15NO3/c2*1-14-8-11(15)7-12(14)13(16)17-9-10-5-3-2-4-6-10/h2-6,11-12,15H,7-9H2,1H3;2-6,12H,7-9H2,1H3. The fourth-order valence-corrected chi connectivity index (χ4v) is 3.99. The van der Waals surface area contributed by atoms with E-state index in [2.05, 4.69) is 0 Å². The van der Waals surface area contributed by atoms with Crippen molar-refractivity contribution in [1.29, 1.82) is 0 Å². The predicted octanol–water partition coefficient (Wildman–Crippen LogP) is 1.80. The van der Waals surface area contributed by atoms with Crippen molar-refractivity contribution >= 4 is 17.7 Å². The van der Waals surface area contributed by atoms with Gasteiger partial charge in [-0.2, -0.15) is 0 Å². The van der Waals surface area contributed by atoms with Gasteiger partial charge in [0.05, 0.1) is 12.6 Å². The summed E-state index contributed by atoms with van der Waals surface area (Å²) in [6.07, 6.45) is 0.308. The van der Waals surface area contributed by atoms with Crippen LogP contribution in [0.15, 0.2) is 60.7 Å². The van der Waals surface area contributed by atoms with Crippen LogP contribution in [0.25, 0.3) is 0 Å². The molecule has 0 amide bonds. The Labute approximate surface area is 200 Å². The van der Waals surface area contributed by atoms with Crippen molar-refractivity contribution in [2.24, 2.45) is 0 Å². The van der Waals surface area contributed by atoms with Crippen LogP contribution in [0.1, 0.15) is 24.0 Å². The molecule has 2 aliphatic rings. The molecular formula is C26H32N2O6. The SMILES string of the molecule is CN1CC(=O)CC1C(=O)OCc1ccccc1.CN1CC(O)CC1C(=O)OCc1ccccc1. The van der Waals surface area contributed by atoms with Crippen LogP contribution in [0.2, 0.25) is 0 Å². The monoisotopic (exact) mass is 468 g/mol. The van der Waals surface area contributed by atoms with Gasteiger partial charge in [0, 0.05) is 19.4 Å². The maximum Gasteiger partial charge on any atom is 0.324 e. The third kappa shape index (κ3) is 7.48. The van der Waals surface area contributed by atoms with E-state index in [4.69, 9.17) is 9.47 Å². The van der Waals surface area contributed by atoms with E-state index >= 15 is 0 Å². The molecule has 0 radical (unpaired) electrons. The van der Waals surface area contributed by atoms with Crippen molar-refractivity contribution < 1.29 is 29.0 Å². The number of Topliss-reactive ketones (excluding diaryl/α,β-unsaturated/α-hetero) is 1. The number of carbonyl (C=O) groups is 3. The summed E-state index contributed by atoms with van der Waals surface area (Å²) in [5.74, 6) is -0.482. The number of benzene rings is 2. The Hall–Kier alpha value is -3.07. The van der Waals surface area contributed by atoms with Gasteiger partial charge in [0.25, 0.3) is 0 Å². The number of aliphatic hydroxyl groups is 1. The van der Waals surface area contributed by atoms with Crippen LogP contribution >= 0.6 is 0 Å². The summed E-state index contributed by atoms with van der Waals surface area (Å²) in [5, 5.41) is 9.45. The van der Waals surface area contributed by atoms with E-state index in [1.54, 1.807) is 11.9 Å². The summed E-state index contributed by atoms with van der Waals surface area (Å²) in [6, 6.07) is 18.4. The summed E-state index contributed by atoms with van der Waals surface area (Å²) >= 11 is 0. The number of ketones is 1. The van der Waals surface area contributed by atoms with E-state index < -0.39 is 12.1 Å². The van der Waals surface area contributed by atoms with Gasteiger partial charge < -0.3 is 14.6 Å². The van der Waals surface area contributed by atoms with E-state index in [9.17, 15) is 19.5 Å². The second-order valence-corrected chi connectivity index (χ2v) is 8.71. The zero-order valence-electron chi connectivity index (χ0n) is 19.6. The summed E-state index contributed by atoms with van der Waals surface area (Å²) in [5.41, 5.74) is 1.93. The van der Waals surface area contributed by atoms with Gasteiger partial charge in [-0.3, -0.25) is 24.2 Å². The number of likely N-dealkylation sites (tertiary alicyclic amines) is 2. The summed E-state index contributed by atoms with van der Waals surface area (Å²) < 4.78 is 10.4. The second-order valence-electron chi connectivity index (χ2n) is 8.71. The van der Waals surface area contributed by atoms with Crippen molar-refractivity contribution in [3.8, 4) is 0 Å². The number of aliphatic hydroxyl groups excluding tert-OH is 1. The van der Waals surface area contributed by atoms with Crippen LogP contribution in [0, 0.1) is 0 Å². The minimum absolute atomic E-state index is 0.0918. The number of hydrogen-bond acceptors (Lipinski definition) is 8. The molecule has 2 heterocycles. The van der Waals surface area contributed by atoms with Crippen molar-refractivity contribution in [2.45, 2.75) is 44.2 Å². The fraction of sp³-hybridized carbons (Fsp3) is 0.423. The van der Waals surface area contributed by atoms with Crippen LogP contribution in [-0.2, 0) is 37.1 Å². The highest BCUT2D eigenvalue weighted by atomic mass is 16.5. The molecule has 3 atom stereocenters. The number of esters is 2. The molecule has 0 aromatic heterocycles. The molecule has 2 aromatic rings. The number of rotatable bonds is 6. The van der Waals surface area contributed by atoms with E-state index in [1.807, 2.05) is 72.6 Å². The van der Waals surface area contributed by atoms with Gasteiger partial charge in [-0.15, -0.1) is 0 Å². The largest absolute Gasteiger partial charge is 0.460 e. The van der Waals surface area contributed by atoms with Crippen molar-refractivity contribution in [1.82, 2.24) is 9.80 Å². The molecule has 2 saturated heterocycles. The molecule has 3 unspecified atom stereocenters. The molecule has 0 bridgehead atoms. The first kappa shape index (κ1) is 25.6. The molecule has 34 heavy (non-hydrogen) atoms. The summed E-state index contributed by atoms with van der Waals surface area (Å²) in [6.45, 7) is 1.43. The van der Waals surface area contributed by atoms with Crippen molar-refractivity contribution in [3.63, 3.8) is 0 Å². The van der Waals surface area contributed by atoms with Gasteiger partial charge in [-0.1, -0.05) is 60.7 Å². The first-order valence-corrected chi connectivity index (χ1v) is 11.3. The normalized spacial score (nSPS) is 22.7. The number of β-amino-alcohol motifs (C(OH)–C–C–N with tert-alkyl or cyclic N) is 1. The number of carbonyl (C=O) groups excluding carboxylic acids is 3. The molecule has 8 nitrogen and oxygen atoms in total. The Morgan fingerprint density at radius 1 is 0.853 bits per heavy atom. The first-order valence-electron chi connectivity index (χ1n) is 11.3. The fourth-order valence-electron chi connectivity index (χ4n) is 3.99. The molecule has 4 rings (SSSR count). The van der Waals surface area contributed by atoms with Crippen molar-refractivity contribution in [3.05, 3.63) is 71.8 Å². The van der Waals surface area contributed by atoms with E-state index in [0.29, 0.717) is 26.1 Å². The highest BCUT2D eigenvalue weighted by Crippen LogP contribution is 2.17. The van der Waals surface area contributed by atoms with Crippen LogP contribution in [0.3, 0.4) is 0 Å². The lowest BCUT2D eigenvalue weighted by Gasteiger charge is -2.17. The Morgan fingerprint density at radius 3 is 1.76 bits per heavy atom. The quantitative estimate of drug-likeness (QED) is 0.642. The lowest BCUT2D eigenvalue weighted by Crippen LogP contribution is -2.34. The average Bonchev–Trinajstić information content (AvgIpc) is 3.37. The summed E-state index contributed by atoms with van der Waals surface area (Å²) in [7, 11) is 3.59. The van der Waals surface area contributed by atoms with Gasteiger partial charge in [0.1, 0.15) is 31.1 Å².